The fourth-order valence-electron chi connectivity index (χ4n) is 2.97. The third-order valence-electron chi connectivity index (χ3n) is 4.26. The van der Waals surface area contributed by atoms with Gasteiger partial charge in [0.1, 0.15) is 5.82 Å². The predicted molar refractivity (Wildman–Crippen MR) is 96.0 cm³/mol. The molecule has 7 heteroatoms. The first-order chi connectivity index (χ1) is 11.0. The second-order valence-corrected chi connectivity index (χ2v) is 6.19. The van der Waals surface area contributed by atoms with E-state index in [-0.39, 0.29) is 29.9 Å². The molecule has 1 aromatic rings. The summed E-state index contributed by atoms with van der Waals surface area (Å²) < 4.78 is 13.6. The third kappa shape index (κ3) is 6.09. The molecule has 1 saturated heterocycles. The van der Waals surface area contributed by atoms with Crippen LogP contribution in [0.2, 0.25) is 0 Å². The minimum Gasteiger partial charge on any atom is -0.326 e. The second kappa shape index (κ2) is 9.59. The first kappa shape index (κ1) is 20.4. The summed E-state index contributed by atoms with van der Waals surface area (Å²) in [7, 11) is 0. The average molecular weight is 358 g/mol. The van der Waals surface area contributed by atoms with E-state index >= 15 is 0 Å². The highest BCUT2D eigenvalue weighted by molar-refractivity contribution is 5.93. The summed E-state index contributed by atoms with van der Waals surface area (Å²) in [6.45, 7) is 5.43. The molecular weight excluding hydrogens is 333 g/mol. The van der Waals surface area contributed by atoms with Gasteiger partial charge in [0.2, 0.25) is 11.8 Å². The van der Waals surface area contributed by atoms with Gasteiger partial charge in [0.25, 0.3) is 0 Å². The maximum atomic E-state index is 13.6. The Kier molecular flexibility index (Phi) is 8.15. The molecule has 2 amide bonds. The molecule has 0 saturated carbocycles. The predicted octanol–water partition coefficient (Wildman–Crippen LogP) is 3.17. The zero-order valence-corrected chi connectivity index (χ0v) is 14.8. The van der Waals surface area contributed by atoms with Crippen LogP contribution < -0.4 is 16.0 Å². The van der Waals surface area contributed by atoms with Crippen LogP contribution in [0.1, 0.15) is 33.1 Å². The fraction of sp³-hybridized carbons (Fsp3) is 0.529. The zero-order chi connectivity index (χ0) is 16.8. The van der Waals surface area contributed by atoms with Gasteiger partial charge in [-0.1, -0.05) is 6.92 Å². The number of carbonyl (C=O) groups excluding carboxylic acids is 2. The largest absolute Gasteiger partial charge is 0.326 e. The van der Waals surface area contributed by atoms with Crippen LogP contribution in [0.5, 0.6) is 0 Å². The van der Waals surface area contributed by atoms with Gasteiger partial charge >= 0.3 is 0 Å². The van der Waals surface area contributed by atoms with E-state index in [9.17, 15) is 14.0 Å². The van der Waals surface area contributed by atoms with Crippen LogP contribution in [-0.2, 0) is 9.59 Å². The zero-order valence-electron chi connectivity index (χ0n) is 14.0. The van der Waals surface area contributed by atoms with Crippen LogP contribution in [-0.4, -0.2) is 24.9 Å². The van der Waals surface area contributed by atoms with Crippen molar-refractivity contribution in [2.75, 3.05) is 23.7 Å². The molecule has 5 nitrogen and oxygen atoms in total. The quantitative estimate of drug-likeness (QED) is 0.758. The van der Waals surface area contributed by atoms with Crippen LogP contribution in [0.4, 0.5) is 15.8 Å². The Hall–Kier alpha value is -1.66. The van der Waals surface area contributed by atoms with Crippen molar-refractivity contribution in [2.45, 2.75) is 33.1 Å². The average Bonchev–Trinajstić information content (AvgIpc) is 2.51. The van der Waals surface area contributed by atoms with E-state index in [4.69, 9.17) is 0 Å². The number of benzene rings is 1. The standard InChI is InChI=1S/C17H24FN3O2.ClH/c1-11(13-5-7-19-8-6-13)9-17(23)21-14-3-4-15(18)16(10-14)20-12(2)22;/h3-4,10-11,13,19H,5-9H2,1-2H3,(H,20,22)(H,21,23);1H. The van der Waals surface area contributed by atoms with Crippen molar-refractivity contribution in [3.8, 4) is 0 Å². The molecular formula is C17H25ClFN3O2. The molecule has 1 atom stereocenters. The van der Waals surface area contributed by atoms with Gasteiger partial charge in [-0.15, -0.1) is 12.4 Å². The van der Waals surface area contributed by atoms with Crippen LogP contribution in [0.15, 0.2) is 18.2 Å². The number of piperidine rings is 1. The summed E-state index contributed by atoms with van der Waals surface area (Å²) in [6.07, 6.45) is 2.63. The molecule has 1 aliphatic heterocycles. The Labute approximate surface area is 148 Å². The summed E-state index contributed by atoms with van der Waals surface area (Å²) in [6, 6.07) is 4.16. The second-order valence-electron chi connectivity index (χ2n) is 6.19. The number of hydrogen-bond donors (Lipinski definition) is 3. The smallest absolute Gasteiger partial charge is 0.224 e. The minimum absolute atomic E-state index is 0. The van der Waals surface area contributed by atoms with Gasteiger partial charge in [0, 0.05) is 19.0 Å². The van der Waals surface area contributed by atoms with Crippen LogP contribution >= 0.6 is 12.4 Å². The van der Waals surface area contributed by atoms with Gasteiger partial charge in [-0.05, 0) is 56.0 Å². The molecule has 1 unspecified atom stereocenters. The lowest BCUT2D eigenvalue weighted by atomic mass is 9.84. The molecule has 1 aromatic carbocycles. The Morgan fingerprint density at radius 2 is 1.96 bits per heavy atom. The highest BCUT2D eigenvalue weighted by Crippen LogP contribution is 2.25. The molecule has 0 aromatic heterocycles. The van der Waals surface area contributed by atoms with E-state index in [2.05, 4.69) is 22.9 Å². The highest BCUT2D eigenvalue weighted by atomic mass is 35.5. The fourth-order valence-corrected chi connectivity index (χ4v) is 2.97. The molecule has 1 fully saturated rings. The SMILES string of the molecule is CC(=O)Nc1cc(NC(=O)CC(C)C2CCNCC2)ccc1F.Cl. The van der Waals surface area contributed by atoms with Gasteiger partial charge in [-0.2, -0.15) is 0 Å². The van der Waals surface area contributed by atoms with Crippen molar-refractivity contribution < 1.29 is 14.0 Å². The van der Waals surface area contributed by atoms with Gasteiger partial charge in [0.15, 0.2) is 0 Å². The molecule has 0 spiro atoms. The number of anilines is 2. The summed E-state index contributed by atoms with van der Waals surface area (Å²) in [5.41, 5.74) is 0.555. The molecule has 24 heavy (non-hydrogen) atoms. The minimum atomic E-state index is -0.527. The number of nitrogens with one attached hydrogen (secondary N) is 3. The van der Waals surface area contributed by atoms with E-state index in [0.717, 1.165) is 25.9 Å². The van der Waals surface area contributed by atoms with Gasteiger partial charge in [-0.3, -0.25) is 9.59 Å². The Balaban J connectivity index is 0.00000288. The van der Waals surface area contributed by atoms with E-state index < -0.39 is 5.82 Å². The van der Waals surface area contributed by atoms with E-state index in [0.29, 0.717) is 23.9 Å². The number of halogens is 2. The Bertz CT molecular complexity index is 577. The molecule has 0 radical (unpaired) electrons. The van der Waals surface area contributed by atoms with Crippen molar-refractivity contribution in [2.24, 2.45) is 11.8 Å². The van der Waals surface area contributed by atoms with E-state index in [1.807, 2.05) is 0 Å². The van der Waals surface area contributed by atoms with E-state index in [1.165, 1.54) is 25.1 Å². The van der Waals surface area contributed by atoms with Gasteiger partial charge in [-0.25, -0.2) is 4.39 Å². The summed E-state index contributed by atoms with van der Waals surface area (Å²) in [5.74, 6) is -0.0953. The lowest BCUT2D eigenvalue weighted by Crippen LogP contribution is -2.32. The number of hydrogen-bond acceptors (Lipinski definition) is 3. The normalized spacial score (nSPS) is 16.0. The molecule has 0 bridgehead atoms. The van der Waals surface area contributed by atoms with Crippen LogP contribution in [0.3, 0.4) is 0 Å². The summed E-state index contributed by atoms with van der Waals surface area (Å²) >= 11 is 0. The van der Waals surface area contributed by atoms with Crippen molar-refractivity contribution >= 4 is 35.6 Å². The lowest BCUT2D eigenvalue weighted by molar-refractivity contribution is -0.117. The van der Waals surface area contributed by atoms with E-state index in [1.54, 1.807) is 0 Å². The molecule has 3 N–H and O–H groups in total. The lowest BCUT2D eigenvalue weighted by Gasteiger charge is -2.27. The monoisotopic (exact) mass is 357 g/mol. The Morgan fingerprint density at radius 1 is 1.29 bits per heavy atom. The van der Waals surface area contributed by atoms with Gasteiger partial charge < -0.3 is 16.0 Å². The molecule has 0 aliphatic carbocycles. The Morgan fingerprint density at radius 3 is 2.58 bits per heavy atom. The van der Waals surface area contributed by atoms with Crippen molar-refractivity contribution in [1.29, 1.82) is 0 Å². The van der Waals surface area contributed by atoms with Crippen LogP contribution in [0.25, 0.3) is 0 Å². The maximum Gasteiger partial charge on any atom is 0.224 e. The summed E-state index contributed by atoms with van der Waals surface area (Å²) in [4.78, 5) is 23.2. The number of rotatable bonds is 5. The van der Waals surface area contributed by atoms with Crippen molar-refractivity contribution in [3.63, 3.8) is 0 Å². The summed E-state index contributed by atoms with van der Waals surface area (Å²) in [5, 5.41) is 8.51. The van der Waals surface area contributed by atoms with Gasteiger partial charge in [0.05, 0.1) is 5.69 Å². The van der Waals surface area contributed by atoms with Crippen molar-refractivity contribution in [3.05, 3.63) is 24.0 Å². The first-order valence-corrected chi connectivity index (χ1v) is 8.03. The topological polar surface area (TPSA) is 70.2 Å². The first-order valence-electron chi connectivity index (χ1n) is 8.03. The third-order valence-corrected chi connectivity index (χ3v) is 4.26. The molecule has 1 aliphatic rings. The molecule has 1 heterocycles. The van der Waals surface area contributed by atoms with Crippen molar-refractivity contribution in [1.82, 2.24) is 5.32 Å². The highest BCUT2D eigenvalue weighted by Gasteiger charge is 2.22. The van der Waals surface area contributed by atoms with Crippen LogP contribution in [0, 0.1) is 17.7 Å². The maximum absolute atomic E-state index is 13.6. The number of carbonyl (C=O) groups is 2. The molecule has 134 valence electrons. The number of amides is 2. The molecule has 2 rings (SSSR count).